The number of para-hydroxylation sites is 2. The number of hydrogen-bond donors (Lipinski definition) is 1. The number of carboxylic acid groups (broad SMARTS) is 1. The Morgan fingerprint density at radius 3 is 2.71 bits per heavy atom. The summed E-state index contributed by atoms with van der Waals surface area (Å²) in [6.07, 6.45) is 0. The van der Waals surface area contributed by atoms with Crippen molar-refractivity contribution in [3.05, 3.63) is 59.8 Å². The smallest absolute Gasteiger partial charge is 0.339 e. The highest BCUT2D eigenvalue weighted by molar-refractivity contribution is 5.90. The molecule has 5 nitrogen and oxygen atoms in total. The zero-order valence-electron chi connectivity index (χ0n) is 11.5. The minimum Gasteiger partial charge on any atom is -0.486 e. The second kappa shape index (κ2) is 5.28. The number of carboxylic acids is 1. The zero-order valence-corrected chi connectivity index (χ0v) is 11.5. The molecule has 0 atom stereocenters. The van der Waals surface area contributed by atoms with Crippen molar-refractivity contribution in [3.8, 4) is 5.75 Å². The van der Waals surface area contributed by atoms with E-state index >= 15 is 0 Å². The summed E-state index contributed by atoms with van der Waals surface area (Å²) in [4.78, 5) is 11.1. The molecule has 0 radical (unpaired) electrons. The van der Waals surface area contributed by atoms with E-state index in [9.17, 15) is 4.79 Å². The second-order valence-electron chi connectivity index (χ2n) is 4.68. The maximum Gasteiger partial charge on any atom is 0.339 e. The van der Waals surface area contributed by atoms with Crippen molar-refractivity contribution in [3.63, 3.8) is 0 Å². The van der Waals surface area contributed by atoms with Crippen LogP contribution >= 0.6 is 0 Å². The lowest BCUT2D eigenvalue weighted by atomic mass is 10.2. The molecule has 0 saturated carbocycles. The van der Waals surface area contributed by atoms with Crippen molar-refractivity contribution >= 4 is 16.9 Å². The Kier molecular flexibility index (Phi) is 3.31. The van der Waals surface area contributed by atoms with Crippen molar-refractivity contribution in [1.82, 2.24) is 9.78 Å². The molecular formula is C16H14N2O3. The first-order valence-electron chi connectivity index (χ1n) is 6.52. The molecule has 0 aliphatic rings. The number of aryl methyl sites for hydroxylation is 1. The van der Waals surface area contributed by atoms with Gasteiger partial charge in [0.15, 0.2) is 0 Å². The van der Waals surface area contributed by atoms with Gasteiger partial charge in [-0.25, -0.2) is 4.79 Å². The lowest BCUT2D eigenvalue weighted by Crippen LogP contribution is -2.04. The van der Waals surface area contributed by atoms with E-state index in [0.29, 0.717) is 5.75 Å². The number of nitrogens with zero attached hydrogens (tertiary/aromatic N) is 2. The van der Waals surface area contributed by atoms with Crippen LogP contribution in [0.1, 0.15) is 16.1 Å². The summed E-state index contributed by atoms with van der Waals surface area (Å²) in [5, 5.41) is 14.6. The van der Waals surface area contributed by atoms with Gasteiger partial charge in [0.1, 0.15) is 23.6 Å². The van der Waals surface area contributed by atoms with E-state index in [1.165, 1.54) is 6.07 Å². The van der Waals surface area contributed by atoms with Gasteiger partial charge in [0.05, 0.1) is 5.52 Å². The summed E-state index contributed by atoms with van der Waals surface area (Å²) < 4.78 is 7.44. The number of fused-ring (bicyclic) bond motifs is 1. The lowest BCUT2D eigenvalue weighted by molar-refractivity contribution is 0.0691. The van der Waals surface area contributed by atoms with Gasteiger partial charge < -0.3 is 9.84 Å². The molecule has 0 spiro atoms. The SMILES string of the molecule is Cn1nc(COc2ccccc2C(=O)O)c2ccccc21. The maximum absolute atomic E-state index is 11.1. The maximum atomic E-state index is 11.1. The Morgan fingerprint density at radius 1 is 1.19 bits per heavy atom. The number of ether oxygens (including phenoxy) is 1. The van der Waals surface area contributed by atoms with Gasteiger partial charge >= 0.3 is 5.97 Å². The van der Waals surface area contributed by atoms with E-state index in [0.717, 1.165) is 16.6 Å². The molecule has 0 aliphatic carbocycles. The average molecular weight is 282 g/mol. The molecule has 0 fully saturated rings. The standard InChI is InChI=1S/C16H14N2O3/c1-18-14-8-4-2-6-11(14)13(17-18)10-21-15-9-5-3-7-12(15)16(19)20/h2-9H,10H2,1H3,(H,19,20). The Labute approximate surface area is 121 Å². The van der Waals surface area contributed by atoms with Crippen molar-refractivity contribution < 1.29 is 14.6 Å². The topological polar surface area (TPSA) is 64.4 Å². The zero-order chi connectivity index (χ0) is 14.8. The van der Waals surface area contributed by atoms with Gasteiger partial charge in [-0.05, 0) is 18.2 Å². The summed E-state index contributed by atoms with van der Waals surface area (Å²) in [6, 6.07) is 14.4. The minimum absolute atomic E-state index is 0.151. The van der Waals surface area contributed by atoms with Crippen LogP contribution < -0.4 is 4.74 Å². The van der Waals surface area contributed by atoms with E-state index in [1.807, 2.05) is 31.3 Å². The third kappa shape index (κ3) is 2.45. The van der Waals surface area contributed by atoms with Crippen LogP contribution in [0, 0.1) is 0 Å². The van der Waals surface area contributed by atoms with Crippen LogP contribution in [0.2, 0.25) is 0 Å². The Hall–Kier alpha value is -2.82. The predicted octanol–water partition coefficient (Wildman–Crippen LogP) is 2.85. The van der Waals surface area contributed by atoms with Crippen molar-refractivity contribution in [1.29, 1.82) is 0 Å². The first-order valence-corrected chi connectivity index (χ1v) is 6.52. The Balaban J connectivity index is 1.89. The van der Waals surface area contributed by atoms with E-state index in [2.05, 4.69) is 5.10 Å². The Morgan fingerprint density at radius 2 is 1.90 bits per heavy atom. The van der Waals surface area contributed by atoms with E-state index < -0.39 is 5.97 Å². The van der Waals surface area contributed by atoms with Crippen molar-refractivity contribution in [2.45, 2.75) is 6.61 Å². The fourth-order valence-corrected chi connectivity index (χ4v) is 2.31. The molecule has 106 valence electrons. The van der Waals surface area contributed by atoms with Crippen LogP contribution in [0.15, 0.2) is 48.5 Å². The van der Waals surface area contributed by atoms with Gasteiger partial charge in [-0.2, -0.15) is 5.10 Å². The van der Waals surface area contributed by atoms with Gasteiger partial charge in [-0.1, -0.05) is 30.3 Å². The first kappa shape index (κ1) is 13.2. The highest BCUT2D eigenvalue weighted by Crippen LogP contribution is 2.22. The average Bonchev–Trinajstić information content (AvgIpc) is 2.82. The number of aromatic carboxylic acids is 1. The fraction of sp³-hybridized carbons (Fsp3) is 0.125. The van der Waals surface area contributed by atoms with Crippen LogP contribution in [0.5, 0.6) is 5.75 Å². The summed E-state index contributed by atoms with van der Waals surface area (Å²) in [5.74, 6) is -0.656. The molecule has 0 saturated heterocycles. The largest absolute Gasteiger partial charge is 0.486 e. The molecule has 0 aliphatic heterocycles. The molecule has 21 heavy (non-hydrogen) atoms. The van der Waals surface area contributed by atoms with Gasteiger partial charge in [0.2, 0.25) is 0 Å². The number of carbonyl (C=O) groups is 1. The first-order chi connectivity index (χ1) is 10.2. The van der Waals surface area contributed by atoms with Gasteiger partial charge in [0.25, 0.3) is 0 Å². The Bertz CT molecular complexity index is 808. The molecule has 2 aromatic carbocycles. The van der Waals surface area contributed by atoms with Crippen LogP contribution in [0.4, 0.5) is 0 Å². The van der Waals surface area contributed by atoms with Crippen LogP contribution in [0.3, 0.4) is 0 Å². The van der Waals surface area contributed by atoms with Crippen LogP contribution in [-0.4, -0.2) is 20.9 Å². The molecule has 0 unspecified atom stereocenters. The number of benzene rings is 2. The molecular weight excluding hydrogens is 268 g/mol. The number of rotatable bonds is 4. The van der Waals surface area contributed by atoms with Crippen LogP contribution in [-0.2, 0) is 13.7 Å². The summed E-state index contributed by atoms with van der Waals surface area (Å²) in [5.41, 5.74) is 1.95. The monoisotopic (exact) mass is 282 g/mol. The predicted molar refractivity (Wildman–Crippen MR) is 78.4 cm³/mol. The molecule has 5 heteroatoms. The number of aromatic nitrogens is 2. The highest BCUT2D eigenvalue weighted by Gasteiger charge is 2.12. The molecule has 1 N–H and O–H groups in total. The van der Waals surface area contributed by atoms with Gasteiger partial charge in [-0.3, -0.25) is 4.68 Å². The summed E-state index contributed by atoms with van der Waals surface area (Å²) in [6.45, 7) is 0.228. The van der Waals surface area contributed by atoms with Crippen LogP contribution in [0.25, 0.3) is 10.9 Å². The van der Waals surface area contributed by atoms with Gasteiger partial charge in [-0.15, -0.1) is 0 Å². The molecule has 3 aromatic rings. The third-order valence-electron chi connectivity index (χ3n) is 3.32. The van der Waals surface area contributed by atoms with Gasteiger partial charge in [0, 0.05) is 12.4 Å². The second-order valence-corrected chi connectivity index (χ2v) is 4.68. The fourth-order valence-electron chi connectivity index (χ4n) is 2.31. The molecule has 0 amide bonds. The number of hydrogen-bond acceptors (Lipinski definition) is 3. The normalized spacial score (nSPS) is 10.7. The third-order valence-corrected chi connectivity index (χ3v) is 3.32. The quantitative estimate of drug-likeness (QED) is 0.799. The molecule has 1 aromatic heterocycles. The summed E-state index contributed by atoms with van der Waals surface area (Å²) >= 11 is 0. The highest BCUT2D eigenvalue weighted by atomic mass is 16.5. The van der Waals surface area contributed by atoms with Crippen molar-refractivity contribution in [2.24, 2.45) is 7.05 Å². The minimum atomic E-state index is -1.00. The molecule has 0 bridgehead atoms. The van der Waals surface area contributed by atoms with E-state index in [1.54, 1.807) is 22.9 Å². The lowest BCUT2D eigenvalue weighted by Gasteiger charge is -2.07. The molecule has 3 rings (SSSR count). The molecule has 1 heterocycles. The van der Waals surface area contributed by atoms with E-state index in [4.69, 9.17) is 9.84 Å². The summed E-state index contributed by atoms with van der Waals surface area (Å²) in [7, 11) is 1.87. The van der Waals surface area contributed by atoms with E-state index in [-0.39, 0.29) is 12.2 Å². The van der Waals surface area contributed by atoms with Crippen molar-refractivity contribution in [2.75, 3.05) is 0 Å².